The van der Waals surface area contributed by atoms with Gasteiger partial charge in [-0.15, -0.1) is 0 Å². The van der Waals surface area contributed by atoms with Crippen LogP contribution in [0.3, 0.4) is 0 Å². The second-order valence-electron chi connectivity index (χ2n) is 4.26. The Morgan fingerprint density at radius 3 is 2.81 bits per heavy atom. The van der Waals surface area contributed by atoms with Crippen molar-refractivity contribution in [2.75, 3.05) is 20.3 Å². The summed E-state index contributed by atoms with van der Waals surface area (Å²) in [4.78, 5) is 0. The van der Waals surface area contributed by atoms with E-state index in [9.17, 15) is 0 Å². The zero-order valence-corrected chi connectivity index (χ0v) is 11.2. The monoisotopic (exact) mass is 283 g/mol. The van der Waals surface area contributed by atoms with Crippen molar-refractivity contribution in [2.45, 2.75) is 25.3 Å². The van der Waals surface area contributed by atoms with Crippen molar-refractivity contribution in [2.24, 2.45) is 0 Å². The van der Waals surface area contributed by atoms with Crippen LogP contribution in [-0.2, 0) is 11.3 Å². The maximum atomic E-state index is 5.42. The lowest BCUT2D eigenvalue weighted by Gasteiger charge is -2.24. The molecule has 1 fully saturated rings. The van der Waals surface area contributed by atoms with E-state index in [-0.39, 0.29) is 0 Å². The molecule has 0 saturated carbocycles. The summed E-state index contributed by atoms with van der Waals surface area (Å²) in [5, 5.41) is 3.24. The van der Waals surface area contributed by atoms with E-state index in [1.54, 1.807) is 0 Å². The summed E-state index contributed by atoms with van der Waals surface area (Å²) >= 11 is 3.54. The highest BCUT2D eigenvalue weighted by molar-refractivity contribution is 9.10. The first kappa shape index (κ1) is 12.1. The molecule has 2 rings (SSSR count). The van der Waals surface area contributed by atoms with Crippen LogP contribution in [0, 0.1) is 0 Å². The first-order valence-corrected chi connectivity index (χ1v) is 6.61. The van der Waals surface area contributed by atoms with Gasteiger partial charge in [0, 0.05) is 24.2 Å². The van der Waals surface area contributed by atoms with Crippen LogP contribution in [0.4, 0.5) is 0 Å². The van der Waals surface area contributed by atoms with Gasteiger partial charge in [0.05, 0.1) is 0 Å². The Kier molecular flexibility index (Phi) is 4.38. The minimum absolute atomic E-state index is 0.671. The van der Waals surface area contributed by atoms with Crippen molar-refractivity contribution in [1.82, 2.24) is 5.32 Å². The molecule has 1 aliphatic heterocycles. The highest BCUT2D eigenvalue weighted by atomic mass is 79.9. The van der Waals surface area contributed by atoms with Crippen molar-refractivity contribution in [1.29, 1.82) is 0 Å². The summed E-state index contributed by atoms with van der Waals surface area (Å²) in [5.74, 6) is 0.671. The van der Waals surface area contributed by atoms with E-state index < -0.39 is 0 Å². The van der Waals surface area contributed by atoms with Crippen LogP contribution in [0.15, 0.2) is 22.7 Å². The molecule has 0 radical (unpaired) electrons. The lowest BCUT2D eigenvalue weighted by molar-refractivity contribution is 0.0851. The van der Waals surface area contributed by atoms with Gasteiger partial charge in [-0.3, -0.25) is 0 Å². The molecule has 0 spiro atoms. The van der Waals surface area contributed by atoms with Gasteiger partial charge in [0.2, 0.25) is 0 Å². The van der Waals surface area contributed by atoms with Crippen molar-refractivity contribution < 1.29 is 4.74 Å². The van der Waals surface area contributed by atoms with Gasteiger partial charge in [-0.25, -0.2) is 0 Å². The van der Waals surface area contributed by atoms with E-state index >= 15 is 0 Å². The third kappa shape index (κ3) is 2.84. The number of hydrogen-bond donors (Lipinski definition) is 1. The van der Waals surface area contributed by atoms with E-state index in [1.807, 2.05) is 7.05 Å². The lowest BCUT2D eigenvalue weighted by Crippen LogP contribution is -2.17. The van der Waals surface area contributed by atoms with E-state index in [2.05, 4.69) is 39.4 Å². The van der Waals surface area contributed by atoms with Crippen molar-refractivity contribution >= 4 is 15.9 Å². The fourth-order valence-corrected chi connectivity index (χ4v) is 2.73. The number of halogens is 1. The molecule has 1 N–H and O–H groups in total. The average molecular weight is 284 g/mol. The lowest BCUT2D eigenvalue weighted by atomic mass is 9.88. The fraction of sp³-hybridized carbons (Fsp3) is 0.538. The minimum Gasteiger partial charge on any atom is -0.381 e. The Morgan fingerprint density at radius 2 is 2.12 bits per heavy atom. The Labute approximate surface area is 106 Å². The third-order valence-electron chi connectivity index (χ3n) is 3.13. The average Bonchev–Trinajstić information content (AvgIpc) is 2.31. The smallest absolute Gasteiger partial charge is 0.0471 e. The Bertz CT molecular complexity index is 348. The van der Waals surface area contributed by atoms with Gasteiger partial charge >= 0.3 is 0 Å². The first-order chi connectivity index (χ1) is 7.81. The molecule has 88 valence electrons. The van der Waals surface area contributed by atoms with Gasteiger partial charge in [-0.05, 0) is 49.1 Å². The summed E-state index contributed by atoms with van der Waals surface area (Å²) in [6.45, 7) is 2.74. The normalized spacial score (nSPS) is 17.6. The topological polar surface area (TPSA) is 21.3 Å². The summed E-state index contributed by atoms with van der Waals surface area (Å²) in [7, 11) is 1.99. The highest BCUT2D eigenvalue weighted by Gasteiger charge is 2.18. The predicted octanol–water partition coefficient (Wildman–Crippen LogP) is 3.06. The molecule has 1 heterocycles. The van der Waals surface area contributed by atoms with Gasteiger partial charge in [0.1, 0.15) is 0 Å². The van der Waals surface area contributed by atoms with E-state index in [0.29, 0.717) is 5.92 Å². The summed E-state index contributed by atoms with van der Waals surface area (Å²) in [6, 6.07) is 6.62. The molecule has 0 bridgehead atoms. The molecule has 1 aliphatic rings. The summed E-state index contributed by atoms with van der Waals surface area (Å²) < 4.78 is 6.58. The second-order valence-corrected chi connectivity index (χ2v) is 5.18. The second kappa shape index (κ2) is 5.80. The number of rotatable bonds is 3. The Morgan fingerprint density at radius 1 is 1.38 bits per heavy atom. The standard InChI is InChI=1S/C13H18BrNO/c1-15-9-11-8-12(14)2-3-13(11)10-4-6-16-7-5-10/h2-3,8,10,15H,4-7,9H2,1H3. The molecule has 2 nitrogen and oxygen atoms in total. The molecule has 0 aliphatic carbocycles. The van der Waals surface area contributed by atoms with Crippen LogP contribution in [0.5, 0.6) is 0 Å². The fourth-order valence-electron chi connectivity index (χ4n) is 2.32. The van der Waals surface area contributed by atoms with Crippen molar-refractivity contribution in [3.05, 3.63) is 33.8 Å². The molecule has 1 saturated heterocycles. The number of ether oxygens (including phenoxy) is 1. The molecule has 0 amide bonds. The molecule has 1 aromatic carbocycles. The van der Waals surface area contributed by atoms with E-state index in [1.165, 1.54) is 11.1 Å². The van der Waals surface area contributed by atoms with E-state index in [4.69, 9.17) is 4.74 Å². The zero-order chi connectivity index (χ0) is 11.4. The third-order valence-corrected chi connectivity index (χ3v) is 3.63. The first-order valence-electron chi connectivity index (χ1n) is 5.82. The van der Waals surface area contributed by atoms with Crippen LogP contribution >= 0.6 is 15.9 Å². The summed E-state index contributed by atoms with van der Waals surface area (Å²) in [5.41, 5.74) is 2.89. The van der Waals surface area contributed by atoms with Crippen LogP contribution < -0.4 is 5.32 Å². The van der Waals surface area contributed by atoms with Gasteiger partial charge in [-0.2, -0.15) is 0 Å². The van der Waals surface area contributed by atoms with Crippen molar-refractivity contribution in [3.63, 3.8) is 0 Å². The molecule has 0 unspecified atom stereocenters. The molecule has 0 atom stereocenters. The number of hydrogen-bond acceptors (Lipinski definition) is 2. The molecule has 3 heteroatoms. The van der Waals surface area contributed by atoms with Gasteiger partial charge in [0.15, 0.2) is 0 Å². The van der Waals surface area contributed by atoms with E-state index in [0.717, 1.165) is 37.1 Å². The van der Waals surface area contributed by atoms with Crippen LogP contribution in [0.1, 0.15) is 29.9 Å². The quantitative estimate of drug-likeness (QED) is 0.921. The molecular formula is C13H18BrNO. The number of benzene rings is 1. The highest BCUT2D eigenvalue weighted by Crippen LogP contribution is 2.31. The van der Waals surface area contributed by atoms with Gasteiger partial charge in [-0.1, -0.05) is 22.0 Å². The predicted molar refractivity (Wildman–Crippen MR) is 69.7 cm³/mol. The SMILES string of the molecule is CNCc1cc(Br)ccc1C1CCOCC1. The number of nitrogens with one attached hydrogen (secondary N) is 1. The Hall–Kier alpha value is -0.380. The van der Waals surface area contributed by atoms with Crippen LogP contribution in [0.2, 0.25) is 0 Å². The van der Waals surface area contributed by atoms with Crippen LogP contribution in [-0.4, -0.2) is 20.3 Å². The Balaban J connectivity index is 2.23. The molecule has 0 aromatic heterocycles. The maximum absolute atomic E-state index is 5.42. The molecule has 16 heavy (non-hydrogen) atoms. The summed E-state index contributed by atoms with van der Waals surface area (Å²) in [6.07, 6.45) is 2.30. The molecular weight excluding hydrogens is 266 g/mol. The van der Waals surface area contributed by atoms with Crippen LogP contribution in [0.25, 0.3) is 0 Å². The van der Waals surface area contributed by atoms with Crippen molar-refractivity contribution in [3.8, 4) is 0 Å². The van der Waals surface area contributed by atoms with Gasteiger partial charge < -0.3 is 10.1 Å². The molecule has 1 aromatic rings. The largest absolute Gasteiger partial charge is 0.381 e. The zero-order valence-electron chi connectivity index (χ0n) is 9.63. The van der Waals surface area contributed by atoms with Gasteiger partial charge in [0.25, 0.3) is 0 Å². The maximum Gasteiger partial charge on any atom is 0.0471 e. The minimum atomic E-state index is 0.671.